The Hall–Kier alpha value is -1.75. The largest absolute Gasteiger partial charge is 0.506 e. The summed E-state index contributed by atoms with van der Waals surface area (Å²) in [6, 6.07) is 3.00. The highest BCUT2D eigenvalue weighted by Crippen LogP contribution is 2.30. The van der Waals surface area contributed by atoms with Crippen molar-refractivity contribution < 1.29 is 19.2 Å². The molecule has 0 saturated heterocycles. The van der Waals surface area contributed by atoms with Crippen LogP contribution in [-0.4, -0.2) is 22.8 Å². The van der Waals surface area contributed by atoms with Gasteiger partial charge in [0.05, 0.1) is 18.1 Å². The van der Waals surface area contributed by atoms with Crippen molar-refractivity contribution in [3.8, 4) is 5.75 Å². The molecule has 2 rings (SSSR count). The van der Waals surface area contributed by atoms with Crippen molar-refractivity contribution in [1.82, 2.24) is 5.16 Å². The standard InChI is InChI=1S/C12H12ClNO4/c1-2-17-12(16)4-3-11-7-5-8(13)10(15)6-9(7)14-18-11/h5-6,15H,2-4H2,1H3. The molecule has 1 N–H and O–H groups in total. The first-order valence-corrected chi connectivity index (χ1v) is 5.92. The molecule has 96 valence electrons. The summed E-state index contributed by atoms with van der Waals surface area (Å²) in [4.78, 5) is 11.2. The molecule has 6 heteroatoms. The monoisotopic (exact) mass is 269 g/mol. The highest BCUT2D eigenvalue weighted by atomic mass is 35.5. The molecule has 5 nitrogen and oxygen atoms in total. The molecular weight excluding hydrogens is 258 g/mol. The third kappa shape index (κ3) is 2.56. The molecule has 0 aliphatic heterocycles. The zero-order chi connectivity index (χ0) is 13.1. The Morgan fingerprint density at radius 1 is 1.56 bits per heavy atom. The first-order chi connectivity index (χ1) is 8.61. The molecule has 0 unspecified atom stereocenters. The van der Waals surface area contributed by atoms with Crippen LogP contribution < -0.4 is 0 Å². The van der Waals surface area contributed by atoms with E-state index in [2.05, 4.69) is 5.16 Å². The van der Waals surface area contributed by atoms with Gasteiger partial charge in [0, 0.05) is 17.9 Å². The lowest BCUT2D eigenvalue weighted by Gasteiger charge is -2.00. The van der Waals surface area contributed by atoms with Crippen molar-refractivity contribution in [3.05, 3.63) is 22.9 Å². The number of ether oxygens (including phenoxy) is 1. The van der Waals surface area contributed by atoms with Crippen LogP contribution in [0.5, 0.6) is 5.75 Å². The summed E-state index contributed by atoms with van der Waals surface area (Å²) < 4.78 is 9.95. The van der Waals surface area contributed by atoms with Crippen molar-refractivity contribution in [3.63, 3.8) is 0 Å². The number of hydrogen-bond donors (Lipinski definition) is 1. The molecule has 1 heterocycles. The summed E-state index contributed by atoms with van der Waals surface area (Å²) in [5, 5.41) is 14.1. The van der Waals surface area contributed by atoms with Crippen molar-refractivity contribution in [2.24, 2.45) is 0 Å². The Morgan fingerprint density at radius 2 is 2.33 bits per heavy atom. The average Bonchev–Trinajstić information content (AvgIpc) is 2.70. The highest BCUT2D eigenvalue weighted by Gasteiger charge is 2.13. The van der Waals surface area contributed by atoms with Crippen LogP contribution >= 0.6 is 11.6 Å². The summed E-state index contributed by atoms with van der Waals surface area (Å²) in [5.41, 5.74) is 0.510. The molecule has 0 aliphatic rings. The van der Waals surface area contributed by atoms with E-state index in [4.69, 9.17) is 20.9 Å². The third-order valence-corrected chi connectivity index (χ3v) is 2.78. The number of nitrogens with zero attached hydrogens (tertiary/aromatic N) is 1. The summed E-state index contributed by atoms with van der Waals surface area (Å²) in [7, 11) is 0. The number of benzene rings is 1. The maximum absolute atomic E-state index is 11.2. The van der Waals surface area contributed by atoms with Gasteiger partial charge in [0.2, 0.25) is 0 Å². The molecule has 2 aromatic rings. The molecule has 0 spiro atoms. The zero-order valence-electron chi connectivity index (χ0n) is 9.77. The van der Waals surface area contributed by atoms with Gasteiger partial charge in [0.25, 0.3) is 0 Å². The summed E-state index contributed by atoms with van der Waals surface area (Å²) in [6.45, 7) is 2.11. The van der Waals surface area contributed by atoms with Gasteiger partial charge in [-0.25, -0.2) is 0 Å². The van der Waals surface area contributed by atoms with Crippen LogP contribution in [0.1, 0.15) is 19.1 Å². The number of esters is 1. The van der Waals surface area contributed by atoms with E-state index >= 15 is 0 Å². The van der Waals surface area contributed by atoms with E-state index in [1.54, 1.807) is 13.0 Å². The predicted molar refractivity (Wildman–Crippen MR) is 65.6 cm³/mol. The number of phenolic OH excluding ortho intramolecular Hbond substituents is 1. The van der Waals surface area contributed by atoms with Crippen molar-refractivity contribution in [2.75, 3.05) is 6.61 Å². The molecule has 0 radical (unpaired) electrons. The van der Waals surface area contributed by atoms with Gasteiger partial charge in [0.15, 0.2) is 0 Å². The second-order valence-electron chi connectivity index (χ2n) is 3.73. The van der Waals surface area contributed by atoms with Gasteiger partial charge in [-0.15, -0.1) is 0 Å². The van der Waals surface area contributed by atoms with Crippen LogP contribution in [0, 0.1) is 0 Å². The highest BCUT2D eigenvalue weighted by molar-refractivity contribution is 6.32. The predicted octanol–water partition coefficient (Wildman–Crippen LogP) is 2.68. The molecule has 18 heavy (non-hydrogen) atoms. The van der Waals surface area contributed by atoms with Gasteiger partial charge in [-0.2, -0.15) is 0 Å². The Bertz CT molecular complexity index is 579. The maximum atomic E-state index is 11.2. The number of halogens is 1. The number of rotatable bonds is 4. The number of aryl methyl sites for hydroxylation is 1. The van der Waals surface area contributed by atoms with E-state index < -0.39 is 0 Å². The van der Waals surface area contributed by atoms with Gasteiger partial charge in [-0.3, -0.25) is 4.79 Å². The molecule has 1 aromatic carbocycles. The number of aromatic hydroxyl groups is 1. The molecule has 0 fully saturated rings. The van der Waals surface area contributed by atoms with Crippen molar-refractivity contribution in [1.29, 1.82) is 0 Å². The van der Waals surface area contributed by atoms with E-state index in [1.807, 2.05) is 0 Å². The van der Waals surface area contributed by atoms with Crippen LogP contribution in [0.25, 0.3) is 10.9 Å². The lowest BCUT2D eigenvalue weighted by Crippen LogP contribution is -2.04. The number of hydrogen-bond acceptors (Lipinski definition) is 5. The first-order valence-electron chi connectivity index (χ1n) is 5.54. The first kappa shape index (κ1) is 12.7. The summed E-state index contributed by atoms with van der Waals surface area (Å²) in [5.74, 6) is 0.223. The normalized spacial score (nSPS) is 10.8. The number of carbonyl (C=O) groups is 1. The Morgan fingerprint density at radius 3 is 3.06 bits per heavy atom. The smallest absolute Gasteiger partial charge is 0.306 e. The second-order valence-corrected chi connectivity index (χ2v) is 4.14. The van der Waals surface area contributed by atoms with E-state index in [-0.39, 0.29) is 23.2 Å². The maximum Gasteiger partial charge on any atom is 0.306 e. The van der Waals surface area contributed by atoms with Crippen molar-refractivity contribution >= 4 is 28.5 Å². The van der Waals surface area contributed by atoms with Crippen LogP contribution in [0.2, 0.25) is 5.02 Å². The van der Waals surface area contributed by atoms with E-state index in [0.29, 0.717) is 29.7 Å². The Labute approximate surface area is 108 Å². The fourth-order valence-electron chi connectivity index (χ4n) is 1.63. The summed E-state index contributed by atoms with van der Waals surface area (Å²) in [6.07, 6.45) is 0.604. The fraction of sp³-hybridized carbons (Fsp3) is 0.333. The molecule has 0 amide bonds. The summed E-state index contributed by atoms with van der Waals surface area (Å²) >= 11 is 5.82. The van der Waals surface area contributed by atoms with Crippen molar-refractivity contribution in [2.45, 2.75) is 19.8 Å². The SMILES string of the molecule is CCOC(=O)CCc1onc2cc(O)c(Cl)cc12. The molecule has 0 bridgehead atoms. The van der Waals surface area contributed by atoms with Gasteiger partial charge < -0.3 is 14.4 Å². The zero-order valence-corrected chi connectivity index (χ0v) is 10.5. The molecular formula is C12H12ClNO4. The lowest BCUT2D eigenvalue weighted by atomic mass is 10.1. The van der Waals surface area contributed by atoms with Crippen LogP contribution in [0.3, 0.4) is 0 Å². The minimum absolute atomic E-state index is 0.0468. The van der Waals surface area contributed by atoms with Gasteiger partial charge in [0.1, 0.15) is 17.0 Å². The number of phenols is 1. The van der Waals surface area contributed by atoms with Gasteiger partial charge >= 0.3 is 5.97 Å². The van der Waals surface area contributed by atoms with E-state index in [0.717, 1.165) is 0 Å². The Balaban J connectivity index is 2.19. The molecule has 1 aromatic heterocycles. The molecule has 0 saturated carbocycles. The van der Waals surface area contributed by atoms with Crippen LogP contribution in [0.15, 0.2) is 16.7 Å². The third-order valence-electron chi connectivity index (χ3n) is 2.48. The second kappa shape index (κ2) is 5.27. The Kier molecular flexibility index (Phi) is 3.72. The number of fused-ring (bicyclic) bond motifs is 1. The van der Waals surface area contributed by atoms with Crippen LogP contribution in [-0.2, 0) is 16.0 Å². The quantitative estimate of drug-likeness (QED) is 0.864. The molecule has 0 atom stereocenters. The van der Waals surface area contributed by atoms with Gasteiger partial charge in [-0.1, -0.05) is 16.8 Å². The van der Waals surface area contributed by atoms with E-state index in [9.17, 15) is 9.90 Å². The topological polar surface area (TPSA) is 72.6 Å². The number of aromatic nitrogens is 1. The van der Waals surface area contributed by atoms with Gasteiger partial charge in [-0.05, 0) is 13.0 Å². The number of carbonyl (C=O) groups excluding carboxylic acids is 1. The fourth-order valence-corrected chi connectivity index (χ4v) is 1.80. The van der Waals surface area contributed by atoms with Crippen LogP contribution in [0.4, 0.5) is 0 Å². The van der Waals surface area contributed by atoms with E-state index in [1.165, 1.54) is 6.07 Å². The molecule has 0 aliphatic carbocycles. The average molecular weight is 270 g/mol. The minimum Gasteiger partial charge on any atom is -0.506 e. The minimum atomic E-state index is -0.285. The lowest BCUT2D eigenvalue weighted by molar-refractivity contribution is -0.143.